The van der Waals surface area contributed by atoms with Crippen molar-refractivity contribution in [1.29, 1.82) is 0 Å². The highest BCUT2D eigenvalue weighted by atomic mass is 16.5. The van der Waals surface area contributed by atoms with Gasteiger partial charge in [-0.15, -0.1) is 0 Å². The first kappa shape index (κ1) is 13.4. The van der Waals surface area contributed by atoms with Gasteiger partial charge in [0.2, 0.25) is 5.91 Å². The van der Waals surface area contributed by atoms with Gasteiger partial charge in [-0.1, -0.05) is 18.2 Å². The van der Waals surface area contributed by atoms with Gasteiger partial charge in [-0.25, -0.2) is 0 Å². The standard InChI is InChI=1S/C15H21N3O2/c16-13-5-6-18(14-4-2-1-3-12(13)14)11-15(19)17-7-9-20-10-8-17/h1-4,13H,5-11,16H2. The van der Waals surface area contributed by atoms with E-state index in [9.17, 15) is 4.79 Å². The molecule has 1 aromatic rings. The molecule has 0 spiro atoms. The summed E-state index contributed by atoms with van der Waals surface area (Å²) < 4.78 is 5.29. The Morgan fingerprint density at radius 3 is 2.80 bits per heavy atom. The maximum Gasteiger partial charge on any atom is 0.242 e. The molecule has 5 heteroatoms. The highest BCUT2D eigenvalue weighted by Gasteiger charge is 2.25. The van der Waals surface area contributed by atoms with Gasteiger partial charge < -0.3 is 20.3 Å². The second-order valence-electron chi connectivity index (χ2n) is 5.37. The van der Waals surface area contributed by atoms with Gasteiger partial charge in [0.25, 0.3) is 0 Å². The molecule has 0 bridgehead atoms. The van der Waals surface area contributed by atoms with Gasteiger partial charge in [-0.05, 0) is 18.1 Å². The summed E-state index contributed by atoms with van der Waals surface area (Å²) in [6.07, 6.45) is 0.896. The van der Waals surface area contributed by atoms with Crippen molar-refractivity contribution in [2.45, 2.75) is 12.5 Å². The van der Waals surface area contributed by atoms with E-state index in [4.69, 9.17) is 10.5 Å². The molecule has 5 nitrogen and oxygen atoms in total. The van der Waals surface area contributed by atoms with E-state index in [2.05, 4.69) is 17.0 Å². The Morgan fingerprint density at radius 1 is 1.25 bits per heavy atom. The molecular formula is C15H21N3O2. The van der Waals surface area contributed by atoms with Crippen LogP contribution in [-0.4, -0.2) is 50.2 Å². The lowest BCUT2D eigenvalue weighted by molar-refractivity contribution is -0.133. The minimum absolute atomic E-state index is 0.0842. The first-order chi connectivity index (χ1) is 9.75. The maximum absolute atomic E-state index is 12.4. The molecule has 1 saturated heterocycles. The quantitative estimate of drug-likeness (QED) is 0.865. The predicted molar refractivity (Wildman–Crippen MR) is 77.6 cm³/mol. The van der Waals surface area contributed by atoms with Crippen LogP contribution in [0.5, 0.6) is 0 Å². The van der Waals surface area contributed by atoms with Crippen molar-refractivity contribution in [3.05, 3.63) is 29.8 Å². The summed E-state index contributed by atoms with van der Waals surface area (Å²) in [5, 5.41) is 0. The number of morpholine rings is 1. The number of ether oxygens (including phenoxy) is 1. The number of carbonyl (C=O) groups excluding carboxylic acids is 1. The molecule has 2 N–H and O–H groups in total. The SMILES string of the molecule is NC1CCN(CC(=O)N2CCOCC2)c2ccccc21. The highest BCUT2D eigenvalue weighted by Crippen LogP contribution is 2.31. The maximum atomic E-state index is 12.4. The number of carbonyl (C=O) groups is 1. The summed E-state index contributed by atoms with van der Waals surface area (Å²) in [6, 6.07) is 8.21. The molecule has 0 aliphatic carbocycles. The Morgan fingerprint density at radius 2 is 2.00 bits per heavy atom. The number of rotatable bonds is 2. The van der Waals surface area contributed by atoms with Gasteiger partial charge in [0.05, 0.1) is 19.8 Å². The van der Waals surface area contributed by atoms with Gasteiger partial charge in [0.15, 0.2) is 0 Å². The largest absolute Gasteiger partial charge is 0.378 e. The third kappa shape index (κ3) is 2.64. The molecule has 0 radical (unpaired) electrons. The van der Waals surface area contributed by atoms with Crippen molar-refractivity contribution in [2.24, 2.45) is 5.73 Å². The molecule has 0 aromatic heterocycles. The first-order valence-electron chi connectivity index (χ1n) is 7.20. The Bertz CT molecular complexity index is 486. The van der Waals surface area contributed by atoms with E-state index >= 15 is 0 Å². The molecule has 1 unspecified atom stereocenters. The Labute approximate surface area is 119 Å². The monoisotopic (exact) mass is 275 g/mol. The fourth-order valence-electron chi connectivity index (χ4n) is 2.90. The molecule has 1 aromatic carbocycles. The minimum atomic E-state index is 0.0842. The van der Waals surface area contributed by atoms with E-state index in [1.165, 1.54) is 0 Å². The van der Waals surface area contributed by atoms with Crippen molar-refractivity contribution < 1.29 is 9.53 Å². The van der Waals surface area contributed by atoms with Crippen LogP contribution in [0.4, 0.5) is 5.69 Å². The summed E-state index contributed by atoms with van der Waals surface area (Å²) >= 11 is 0. The van der Waals surface area contributed by atoms with Crippen LogP contribution >= 0.6 is 0 Å². The Balaban J connectivity index is 1.72. The van der Waals surface area contributed by atoms with Gasteiger partial charge >= 0.3 is 0 Å². The molecule has 2 heterocycles. The average Bonchev–Trinajstić information content (AvgIpc) is 2.51. The molecule has 1 amide bonds. The number of anilines is 1. The number of fused-ring (bicyclic) bond motifs is 1. The zero-order valence-corrected chi connectivity index (χ0v) is 11.6. The predicted octanol–water partition coefficient (Wildman–Crippen LogP) is 0.755. The van der Waals surface area contributed by atoms with Crippen LogP contribution in [0.15, 0.2) is 24.3 Å². The average molecular weight is 275 g/mol. The number of amides is 1. The first-order valence-corrected chi connectivity index (χ1v) is 7.20. The lowest BCUT2D eigenvalue weighted by Crippen LogP contribution is -2.47. The Kier molecular flexibility index (Phi) is 3.89. The second kappa shape index (κ2) is 5.81. The molecular weight excluding hydrogens is 254 g/mol. The van der Waals surface area contributed by atoms with Crippen LogP contribution in [0.25, 0.3) is 0 Å². The molecule has 2 aliphatic heterocycles. The fourth-order valence-corrected chi connectivity index (χ4v) is 2.90. The number of benzene rings is 1. The zero-order chi connectivity index (χ0) is 13.9. The van der Waals surface area contributed by atoms with Crippen LogP contribution < -0.4 is 10.6 Å². The summed E-state index contributed by atoms with van der Waals surface area (Å²) in [5.41, 5.74) is 8.39. The van der Waals surface area contributed by atoms with Crippen LogP contribution in [0.2, 0.25) is 0 Å². The van der Waals surface area contributed by atoms with E-state index in [0.717, 1.165) is 24.2 Å². The summed E-state index contributed by atoms with van der Waals surface area (Å²) in [7, 11) is 0. The normalized spacial score (nSPS) is 22.6. The molecule has 2 aliphatic rings. The van der Waals surface area contributed by atoms with Crippen molar-refractivity contribution in [3.63, 3.8) is 0 Å². The lowest BCUT2D eigenvalue weighted by Gasteiger charge is -2.36. The third-order valence-electron chi connectivity index (χ3n) is 4.08. The van der Waals surface area contributed by atoms with E-state index in [-0.39, 0.29) is 11.9 Å². The van der Waals surface area contributed by atoms with Crippen molar-refractivity contribution in [2.75, 3.05) is 44.3 Å². The smallest absolute Gasteiger partial charge is 0.242 e. The molecule has 3 rings (SSSR count). The number of hydrogen-bond acceptors (Lipinski definition) is 4. The summed E-state index contributed by atoms with van der Waals surface area (Å²) in [5.74, 6) is 0.179. The number of nitrogens with two attached hydrogens (primary N) is 1. The zero-order valence-electron chi connectivity index (χ0n) is 11.6. The van der Waals surface area contributed by atoms with Gasteiger partial charge in [0, 0.05) is 31.4 Å². The van der Waals surface area contributed by atoms with Crippen LogP contribution in [-0.2, 0) is 9.53 Å². The summed E-state index contributed by atoms with van der Waals surface area (Å²) in [4.78, 5) is 16.4. The van der Waals surface area contributed by atoms with Gasteiger partial charge in [-0.3, -0.25) is 4.79 Å². The molecule has 20 heavy (non-hydrogen) atoms. The molecule has 1 atom stereocenters. The van der Waals surface area contributed by atoms with Crippen molar-refractivity contribution in [3.8, 4) is 0 Å². The topological polar surface area (TPSA) is 58.8 Å². The molecule has 108 valence electrons. The third-order valence-corrected chi connectivity index (χ3v) is 4.08. The van der Waals surface area contributed by atoms with E-state index in [1.807, 2.05) is 17.0 Å². The fraction of sp³-hybridized carbons (Fsp3) is 0.533. The van der Waals surface area contributed by atoms with Crippen LogP contribution in [0.1, 0.15) is 18.0 Å². The second-order valence-corrected chi connectivity index (χ2v) is 5.37. The lowest BCUT2D eigenvalue weighted by atomic mass is 9.97. The van der Waals surface area contributed by atoms with Crippen molar-refractivity contribution in [1.82, 2.24) is 4.90 Å². The number of para-hydroxylation sites is 1. The van der Waals surface area contributed by atoms with Gasteiger partial charge in [-0.2, -0.15) is 0 Å². The number of hydrogen-bond donors (Lipinski definition) is 1. The van der Waals surface area contributed by atoms with Crippen LogP contribution in [0.3, 0.4) is 0 Å². The molecule has 1 fully saturated rings. The van der Waals surface area contributed by atoms with E-state index in [0.29, 0.717) is 32.8 Å². The van der Waals surface area contributed by atoms with E-state index in [1.54, 1.807) is 0 Å². The van der Waals surface area contributed by atoms with Gasteiger partial charge in [0.1, 0.15) is 0 Å². The Hall–Kier alpha value is -1.59. The van der Waals surface area contributed by atoms with E-state index < -0.39 is 0 Å². The van der Waals surface area contributed by atoms with Crippen molar-refractivity contribution >= 4 is 11.6 Å². The number of nitrogens with zero attached hydrogens (tertiary/aromatic N) is 2. The molecule has 0 saturated carbocycles. The van der Waals surface area contributed by atoms with Crippen LogP contribution in [0, 0.1) is 0 Å². The minimum Gasteiger partial charge on any atom is -0.378 e. The highest BCUT2D eigenvalue weighted by molar-refractivity contribution is 5.82. The summed E-state index contributed by atoms with van der Waals surface area (Å²) in [6.45, 7) is 3.97.